The molecule has 16 heavy (non-hydrogen) atoms. The van der Waals surface area contributed by atoms with E-state index in [0.29, 0.717) is 0 Å². The van der Waals surface area contributed by atoms with Crippen LogP contribution in [0.5, 0.6) is 0 Å². The molecule has 1 N–H and O–H groups in total. The first-order valence-electron chi connectivity index (χ1n) is 6.14. The van der Waals surface area contributed by atoms with Crippen molar-refractivity contribution in [2.75, 3.05) is 26.3 Å². The van der Waals surface area contributed by atoms with Crippen molar-refractivity contribution in [2.24, 2.45) is 5.41 Å². The summed E-state index contributed by atoms with van der Waals surface area (Å²) >= 11 is 0. The molecule has 0 spiro atoms. The summed E-state index contributed by atoms with van der Waals surface area (Å²) in [6.07, 6.45) is 7.06. The fraction of sp³-hybridized carbons (Fsp3) is 0.692. The van der Waals surface area contributed by atoms with Gasteiger partial charge in [-0.2, -0.15) is 0 Å². The van der Waals surface area contributed by atoms with Crippen molar-refractivity contribution < 1.29 is 9.15 Å². The van der Waals surface area contributed by atoms with Crippen LogP contribution in [0.25, 0.3) is 0 Å². The summed E-state index contributed by atoms with van der Waals surface area (Å²) in [6, 6.07) is 2.06. The van der Waals surface area contributed by atoms with Gasteiger partial charge in [0.15, 0.2) is 0 Å². The minimum absolute atomic E-state index is 0.262. The van der Waals surface area contributed by atoms with Crippen molar-refractivity contribution in [2.45, 2.75) is 26.2 Å². The van der Waals surface area contributed by atoms with Crippen LogP contribution in [-0.2, 0) is 11.2 Å². The zero-order valence-corrected chi connectivity index (χ0v) is 10.00. The third kappa shape index (κ3) is 2.86. The second-order valence-electron chi connectivity index (χ2n) is 4.74. The van der Waals surface area contributed by atoms with Crippen molar-refractivity contribution >= 4 is 0 Å². The maximum atomic E-state index is 5.66. The molecule has 90 valence electrons. The Hall–Kier alpha value is -0.800. The zero-order chi connectivity index (χ0) is 11.3. The quantitative estimate of drug-likeness (QED) is 0.831. The molecule has 3 nitrogen and oxygen atoms in total. The van der Waals surface area contributed by atoms with Gasteiger partial charge in [-0.1, -0.05) is 6.92 Å². The largest absolute Gasteiger partial charge is 0.472 e. The van der Waals surface area contributed by atoms with E-state index in [2.05, 4.69) is 18.3 Å². The fourth-order valence-corrected chi connectivity index (χ4v) is 2.47. The van der Waals surface area contributed by atoms with Crippen LogP contribution in [-0.4, -0.2) is 26.3 Å². The van der Waals surface area contributed by atoms with Crippen molar-refractivity contribution in [1.29, 1.82) is 0 Å². The number of furan rings is 1. The normalized spacial score (nSPS) is 25.8. The van der Waals surface area contributed by atoms with E-state index in [0.717, 1.165) is 32.7 Å². The standard InChI is InChI=1S/C13H21NO2/c1-2-14-10-13(5-3-6-16-11-13)8-12-4-7-15-9-12/h4,7,9,14H,2-3,5-6,8,10-11H2,1H3. The molecule has 1 atom stereocenters. The Morgan fingerprint density at radius 1 is 1.50 bits per heavy atom. The third-order valence-corrected chi connectivity index (χ3v) is 3.31. The molecule has 0 radical (unpaired) electrons. The number of rotatable bonds is 5. The fourth-order valence-electron chi connectivity index (χ4n) is 2.47. The lowest BCUT2D eigenvalue weighted by Gasteiger charge is -2.37. The average molecular weight is 223 g/mol. The lowest BCUT2D eigenvalue weighted by atomic mass is 9.77. The molecule has 2 heterocycles. The van der Waals surface area contributed by atoms with E-state index in [4.69, 9.17) is 9.15 Å². The Morgan fingerprint density at radius 3 is 3.06 bits per heavy atom. The smallest absolute Gasteiger partial charge is 0.0934 e. The number of hydrogen-bond donors (Lipinski definition) is 1. The number of hydrogen-bond acceptors (Lipinski definition) is 3. The van der Waals surface area contributed by atoms with Crippen molar-refractivity contribution in [3.63, 3.8) is 0 Å². The topological polar surface area (TPSA) is 34.4 Å². The summed E-state index contributed by atoms with van der Waals surface area (Å²) in [6.45, 7) is 5.99. The lowest BCUT2D eigenvalue weighted by Crippen LogP contribution is -2.42. The molecule has 3 heteroatoms. The van der Waals surface area contributed by atoms with Gasteiger partial charge in [0.05, 0.1) is 19.1 Å². The zero-order valence-electron chi connectivity index (χ0n) is 10.00. The monoisotopic (exact) mass is 223 g/mol. The molecule has 0 bridgehead atoms. The molecule has 0 saturated carbocycles. The first-order chi connectivity index (χ1) is 7.85. The van der Waals surface area contributed by atoms with Crippen LogP contribution in [0.15, 0.2) is 23.0 Å². The molecule has 1 aromatic rings. The van der Waals surface area contributed by atoms with Gasteiger partial charge in [-0.15, -0.1) is 0 Å². The Labute approximate surface area is 97.2 Å². The highest BCUT2D eigenvalue weighted by molar-refractivity contribution is 5.09. The second kappa shape index (κ2) is 5.51. The van der Waals surface area contributed by atoms with E-state index in [1.165, 1.54) is 18.4 Å². The molecular formula is C13H21NO2. The summed E-state index contributed by atoms with van der Waals surface area (Å²) < 4.78 is 10.8. The highest BCUT2D eigenvalue weighted by Gasteiger charge is 2.32. The molecular weight excluding hydrogens is 202 g/mol. The maximum Gasteiger partial charge on any atom is 0.0934 e. The molecule has 1 aliphatic rings. The first-order valence-corrected chi connectivity index (χ1v) is 6.14. The van der Waals surface area contributed by atoms with Crippen molar-refractivity contribution in [3.05, 3.63) is 24.2 Å². The number of ether oxygens (including phenoxy) is 1. The second-order valence-corrected chi connectivity index (χ2v) is 4.74. The minimum Gasteiger partial charge on any atom is -0.472 e. The van der Waals surface area contributed by atoms with E-state index in [1.807, 2.05) is 6.26 Å². The highest BCUT2D eigenvalue weighted by Crippen LogP contribution is 2.32. The van der Waals surface area contributed by atoms with E-state index in [1.54, 1.807) is 6.26 Å². The maximum absolute atomic E-state index is 5.66. The van der Waals surface area contributed by atoms with Crippen molar-refractivity contribution in [1.82, 2.24) is 5.32 Å². The predicted octanol–water partition coefficient (Wildman–Crippen LogP) is 2.23. The van der Waals surface area contributed by atoms with Gasteiger partial charge < -0.3 is 14.5 Å². The Morgan fingerprint density at radius 2 is 2.44 bits per heavy atom. The molecule has 2 rings (SSSR count). The predicted molar refractivity (Wildman–Crippen MR) is 63.4 cm³/mol. The van der Waals surface area contributed by atoms with Crippen LogP contribution in [0.4, 0.5) is 0 Å². The van der Waals surface area contributed by atoms with Gasteiger partial charge in [0.1, 0.15) is 0 Å². The lowest BCUT2D eigenvalue weighted by molar-refractivity contribution is -0.00696. The van der Waals surface area contributed by atoms with Crippen LogP contribution in [0.1, 0.15) is 25.3 Å². The molecule has 1 unspecified atom stereocenters. The third-order valence-electron chi connectivity index (χ3n) is 3.31. The van der Waals surface area contributed by atoms with E-state index in [-0.39, 0.29) is 5.41 Å². The van der Waals surface area contributed by atoms with Gasteiger partial charge in [-0.3, -0.25) is 0 Å². The minimum atomic E-state index is 0.262. The first kappa shape index (κ1) is 11.7. The van der Waals surface area contributed by atoms with Crippen molar-refractivity contribution in [3.8, 4) is 0 Å². The van der Waals surface area contributed by atoms with Crippen LogP contribution < -0.4 is 5.32 Å². The summed E-state index contributed by atoms with van der Waals surface area (Å²) in [5, 5.41) is 3.46. The SMILES string of the molecule is CCNCC1(Cc2ccoc2)CCCOC1. The molecule has 0 amide bonds. The van der Waals surface area contributed by atoms with Crippen LogP contribution in [0.3, 0.4) is 0 Å². The number of nitrogens with one attached hydrogen (secondary N) is 1. The van der Waals surface area contributed by atoms with Crippen LogP contribution >= 0.6 is 0 Å². The van der Waals surface area contributed by atoms with Crippen LogP contribution in [0, 0.1) is 5.41 Å². The van der Waals surface area contributed by atoms with Gasteiger partial charge in [-0.05, 0) is 37.4 Å². The molecule has 1 fully saturated rings. The highest BCUT2D eigenvalue weighted by atomic mass is 16.5. The van der Waals surface area contributed by atoms with Crippen LogP contribution in [0.2, 0.25) is 0 Å². The average Bonchev–Trinajstić information content (AvgIpc) is 2.80. The van der Waals surface area contributed by atoms with Gasteiger partial charge in [0, 0.05) is 18.6 Å². The summed E-state index contributed by atoms with van der Waals surface area (Å²) in [4.78, 5) is 0. The summed E-state index contributed by atoms with van der Waals surface area (Å²) in [5.74, 6) is 0. The molecule has 0 aromatic carbocycles. The summed E-state index contributed by atoms with van der Waals surface area (Å²) in [5.41, 5.74) is 1.54. The molecule has 1 aliphatic heterocycles. The van der Waals surface area contributed by atoms with Gasteiger partial charge in [0.25, 0.3) is 0 Å². The summed E-state index contributed by atoms with van der Waals surface area (Å²) in [7, 11) is 0. The van der Waals surface area contributed by atoms with E-state index >= 15 is 0 Å². The Kier molecular flexibility index (Phi) is 4.02. The molecule has 1 aromatic heterocycles. The van der Waals surface area contributed by atoms with Gasteiger partial charge >= 0.3 is 0 Å². The van der Waals surface area contributed by atoms with E-state index < -0.39 is 0 Å². The van der Waals surface area contributed by atoms with Gasteiger partial charge in [0.2, 0.25) is 0 Å². The Bertz CT molecular complexity index is 289. The van der Waals surface area contributed by atoms with E-state index in [9.17, 15) is 0 Å². The van der Waals surface area contributed by atoms with Gasteiger partial charge in [-0.25, -0.2) is 0 Å². The molecule has 1 saturated heterocycles. The Balaban J connectivity index is 2.01. The molecule has 0 aliphatic carbocycles.